The van der Waals surface area contributed by atoms with Gasteiger partial charge >= 0.3 is 6.03 Å². The number of H-pyrrole nitrogens is 1. The van der Waals surface area contributed by atoms with Crippen LogP contribution in [0.15, 0.2) is 34.3 Å². The molecule has 5 aliphatic heterocycles. The van der Waals surface area contributed by atoms with Crippen LogP contribution in [0.2, 0.25) is 5.02 Å². The first kappa shape index (κ1) is 25.0. The van der Waals surface area contributed by atoms with Crippen molar-refractivity contribution in [1.29, 1.82) is 0 Å². The molecule has 0 radical (unpaired) electrons. The average molecular weight is 576 g/mol. The number of rotatable bonds is 2. The predicted octanol–water partition coefficient (Wildman–Crippen LogP) is 1.34. The number of fused-ring (bicyclic) bond motifs is 2. The Morgan fingerprint density at radius 1 is 1.10 bits per heavy atom. The number of aliphatic imine (C=N–C) groups is 1. The first-order valence-corrected chi connectivity index (χ1v) is 15.0. The molecule has 7 rings (SSSR count). The van der Waals surface area contributed by atoms with E-state index in [1.807, 2.05) is 4.90 Å². The molecule has 3 amide bonds. The highest BCUT2D eigenvalue weighted by Crippen LogP contribution is 2.50. The number of carbonyl (C=O) groups excluding carboxylic acids is 2. The standard InChI is InChI=1S/C25H30ClN7O5S/c1-29-15-25-16-31(39(36,37)20-12-17-11-18(26)3-4-19(17)28-20)13-21(34)32(25)14-24(33(25)23(29)35)5-8-30(9-6-24)22-27-7-2-10-38-22/h3-4,11-12,28H,2,5-10,13-16H2,1H3. The molecule has 4 fully saturated rings. The monoisotopic (exact) mass is 575 g/mol. The SMILES string of the molecule is CN1CC23CN(S(=O)(=O)c4cc5cc(Cl)ccc5[nH]4)CC(=O)N2CC2(CCN(C4=NCCCO4)CC2)N3C1=O. The van der Waals surface area contributed by atoms with Crippen molar-refractivity contribution in [3.63, 3.8) is 0 Å². The van der Waals surface area contributed by atoms with Crippen LogP contribution in [0, 0.1) is 0 Å². The lowest BCUT2D eigenvalue weighted by molar-refractivity contribution is -0.143. The third-order valence-electron chi connectivity index (χ3n) is 8.82. The van der Waals surface area contributed by atoms with Gasteiger partial charge in [0.05, 0.1) is 31.8 Å². The first-order chi connectivity index (χ1) is 18.6. The van der Waals surface area contributed by atoms with Crippen molar-refractivity contribution in [2.24, 2.45) is 4.99 Å². The smallest absolute Gasteiger partial charge is 0.322 e. The molecule has 6 heterocycles. The molecule has 4 saturated heterocycles. The van der Waals surface area contributed by atoms with Gasteiger partial charge in [-0.05, 0) is 37.1 Å². The quantitative estimate of drug-likeness (QED) is 0.577. The fourth-order valence-corrected chi connectivity index (χ4v) is 8.62. The summed E-state index contributed by atoms with van der Waals surface area (Å²) in [6.07, 6.45) is 2.17. The summed E-state index contributed by atoms with van der Waals surface area (Å²) < 4.78 is 34.7. The molecule has 1 aromatic heterocycles. The van der Waals surface area contributed by atoms with Crippen molar-refractivity contribution in [3.05, 3.63) is 29.3 Å². The number of halogens is 1. The zero-order chi connectivity index (χ0) is 27.2. The second-order valence-corrected chi connectivity index (χ2v) is 13.5. The Kier molecular flexibility index (Phi) is 5.43. The second-order valence-electron chi connectivity index (χ2n) is 11.2. The van der Waals surface area contributed by atoms with E-state index in [1.165, 1.54) is 10.4 Å². The maximum Gasteiger partial charge on any atom is 0.322 e. The van der Waals surface area contributed by atoms with E-state index in [1.54, 1.807) is 35.0 Å². The summed E-state index contributed by atoms with van der Waals surface area (Å²) in [7, 11) is -2.35. The summed E-state index contributed by atoms with van der Waals surface area (Å²) >= 11 is 6.10. The van der Waals surface area contributed by atoms with Crippen LogP contribution < -0.4 is 0 Å². The van der Waals surface area contributed by atoms with E-state index in [0.717, 1.165) is 13.0 Å². The highest BCUT2D eigenvalue weighted by molar-refractivity contribution is 7.89. The van der Waals surface area contributed by atoms with Crippen molar-refractivity contribution >= 4 is 50.5 Å². The topological polar surface area (TPSA) is 122 Å². The zero-order valence-corrected chi connectivity index (χ0v) is 23.2. The number of nitrogens with zero attached hydrogens (tertiary/aromatic N) is 6. The van der Waals surface area contributed by atoms with E-state index in [0.29, 0.717) is 61.0 Å². The van der Waals surface area contributed by atoms with E-state index in [9.17, 15) is 18.0 Å². The number of carbonyl (C=O) groups is 2. The number of ether oxygens (including phenoxy) is 1. The molecule has 1 atom stereocenters. The van der Waals surface area contributed by atoms with Crippen LogP contribution in [-0.2, 0) is 19.6 Å². The third-order valence-corrected chi connectivity index (χ3v) is 10.8. The van der Waals surface area contributed by atoms with Crippen molar-refractivity contribution in [2.45, 2.75) is 35.5 Å². The van der Waals surface area contributed by atoms with Gasteiger partial charge in [0.15, 0.2) is 5.66 Å². The van der Waals surface area contributed by atoms with Gasteiger partial charge in [-0.2, -0.15) is 4.31 Å². The Balaban J connectivity index is 1.21. The number of piperidine rings is 1. The number of likely N-dealkylation sites (tertiary alicyclic amines) is 1. The summed E-state index contributed by atoms with van der Waals surface area (Å²) in [4.78, 5) is 42.1. The average Bonchev–Trinajstić information content (AvgIpc) is 3.54. The maximum atomic E-state index is 13.9. The zero-order valence-electron chi connectivity index (χ0n) is 21.6. The molecule has 2 spiro atoms. The van der Waals surface area contributed by atoms with Crippen LogP contribution >= 0.6 is 11.6 Å². The second kappa shape index (κ2) is 8.48. The van der Waals surface area contributed by atoms with Gasteiger partial charge in [0.2, 0.25) is 5.91 Å². The predicted molar refractivity (Wildman–Crippen MR) is 143 cm³/mol. The molecule has 0 aliphatic carbocycles. The lowest BCUT2D eigenvalue weighted by atomic mass is 9.86. The molecule has 1 N–H and O–H groups in total. The van der Waals surface area contributed by atoms with Gasteiger partial charge in [0, 0.05) is 55.6 Å². The highest BCUT2D eigenvalue weighted by Gasteiger charge is 2.69. The Labute approximate surface area is 231 Å². The van der Waals surface area contributed by atoms with Crippen LogP contribution in [0.3, 0.4) is 0 Å². The Bertz CT molecular complexity index is 1520. The van der Waals surface area contributed by atoms with Gasteiger partial charge in [-0.25, -0.2) is 18.2 Å². The van der Waals surface area contributed by atoms with Crippen molar-refractivity contribution < 1.29 is 22.7 Å². The molecular formula is C25H30ClN7O5S. The number of amidine groups is 1. The summed E-state index contributed by atoms with van der Waals surface area (Å²) in [5, 5.41) is 1.16. The minimum atomic E-state index is -4.06. The van der Waals surface area contributed by atoms with E-state index >= 15 is 0 Å². The fourth-order valence-electron chi connectivity index (χ4n) is 6.99. The summed E-state index contributed by atoms with van der Waals surface area (Å²) in [5.74, 6) is -0.295. The molecule has 39 heavy (non-hydrogen) atoms. The minimum Gasteiger partial charge on any atom is -0.465 e. The number of aromatic nitrogens is 1. The minimum absolute atomic E-state index is 0.00378. The van der Waals surface area contributed by atoms with Crippen LogP contribution in [0.1, 0.15) is 19.3 Å². The van der Waals surface area contributed by atoms with Crippen LogP contribution in [0.25, 0.3) is 10.9 Å². The Morgan fingerprint density at radius 2 is 1.90 bits per heavy atom. The van der Waals surface area contributed by atoms with E-state index in [-0.39, 0.29) is 36.6 Å². The molecule has 14 heteroatoms. The molecule has 0 saturated carbocycles. The van der Waals surface area contributed by atoms with Gasteiger partial charge in [-0.3, -0.25) is 9.69 Å². The highest BCUT2D eigenvalue weighted by atomic mass is 35.5. The van der Waals surface area contributed by atoms with Gasteiger partial charge in [-0.1, -0.05) is 11.6 Å². The van der Waals surface area contributed by atoms with E-state index < -0.39 is 21.2 Å². The largest absolute Gasteiger partial charge is 0.465 e. The van der Waals surface area contributed by atoms with Gasteiger partial charge < -0.3 is 24.4 Å². The van der Waals surface area contributed by atoms with Crippen molar-refractivity contribution in [2.75, 3.05) is 59.5 Å². The van der Waals surface area contributed by atoms with Crippen molar-refractivity contribution in [3.8, 4) is 0 Å². The van der Waals surface area contributed by atoms with E-state index in [4.69, 9.17) is 16.3 Å². The molecule has 1 unspecified atom stereocenters. The maximum absolute atomic E-state index is 13.9. The summed E-state index contributed by atoms with van der Waals surface area (Å²) in [6, 6.07) is 7.12. The molecule has 5 aliphatic rings. The number of urea groups is 1. The first-order valence-electron chi connectivity index (χ1n) is 13.2. The number of likely N-dealkylation sites (N-methyl/N-ethyl adjacent to an activating group) is 1. The summed E-state index contributed by atoms with van der Waals surface area (Å²) in [5.41, 5.74) is -1.01. The number of benzene rings is 1. The number of hydrogen-bond donors (Lipinski definition) is 1. The number of hydrogen-bond acceptors (Lipinski definition) is 7. The van der Waals surface area contributed by atoms with Crippen LogP contribution in [0.5, 0.6) is 0 Å². The van der Waals surface area contributed by atoms with Crippen LogP contribution in [0.4, 0.5) is 4.79 Å². The lowest BCUT2D eigenvalue weighted by Gasteiger charge is -2.48. The number of sulfonamides is 1. The lowest BCUT2D eigenvalue weighted by Crippen LogP contribution is -2.68. The molecule has 208 valence electrons. The molecule has 0 bridgehead atoms. The number of piperazine rings is 1. The Morgan fingerprint density at radius 3 is 2.64 bits per heavy atom. The van der Waals surface area contributed by atoms with Crippen molar-refractivity contribution in [1.82, 2.24) is 28.9 Å². The molecular weight excluding hydrogens is 546 g/mol. The van der Waals surface area contributed by atoms with Crippen LogP contribution in [-0.4, -0.2) is 126 Å². The number of nitrogens with one attached hydrogen (secondary N) is 1. The molecule has 1 aromatic carbocycles. The Hall–Kier alpha value is -3.03. The fraction of sp³-hybridized carbons (Fsp3) is 0.560. The molecule has 12 nitrogen and oxygen atoms in total. The normalized spacial score (nSPS) is 27.3. The van der Waals surface area contributed by atoms with Gasteiger partial charge in [0.25, 0.3) is 16.0 Å². The van der Waals surface area contributed by atoms with Gasteiger partial charge in [-0.15, -0.1) is 0 Å². The van der Waals surface area contributed by atoms with Gasteiger partial charge in [0.1, 0.15) is 5.03 Å². The molecule has 2 aromatic rings. The summed E-state index contributed by atoms with van der Waals surface area (Å²) in [6.45, 7) is 3.04. The number of amides is 3. The third kappa shape index (κ3) is 3.59. The number of aromatic amines is 1. The van der Waals surface area contributed by atoms with E-state index in [2.05, 4.69) is 14.9 Å².